The molecule has 8 heteroatoms. The Kier molecular flexibility index (Phi) is 3.24. The molecule has 0 N–H and O–H groups in total. The lowest BCUT2D eigenvalue weighted by atomic mass is 10.2. The summed E-state index contributed by atoms with van der Waals surface area (Å²) in [6.07, 6.45) is 7.15. The molecule has 3 rings (SSSR count). The lowest BCUT2D eigenvalue weighted by Gasteiger charge is -2.22. The second kappa shape index (κ2) is 5.04. The third-order valence-corrected chi connectivity index (χ3v) is 3.07. The fourth-order valence-electron chi connectivity index (χ4n) is 2.14. The summed E-state index contributed by atoms with van der Waals surface area (Å²) >= 11 is 0. The van der Waals surface area contributed by atoms with Crippen molar-refractivity contribution in [1.82, 2.24) is 24.5 Å². The van der Waals surface area contributed by atoms with Gasteiger partial charge in [0, 0.05) is 12.8 Å². The normalized spacial score (nSPS) is 20.1. The highest BCUT2D eigenvalue weighted by atomic mass is 19.3. The minimum Gasteiger partial charge on any atom is -0.357 e. The van der Waals surface area contributed by atoms with Crippen molar-refractivity contribution >= 4 is 0 Å². The predicted octanol–water partition coefficient (Wildman–Crippen LogP) is 2.24. The van der Waals surface area contributed by atoms with Crippen molar-refractivity contribution in [2.45, 2.75) is 32.0 Å². The highest BCUT2D eigenvalue weighted by molar-refractivity contribution is 5.52. The van der Waals surface area contributed by atoms with E-state index in [2.05, 4.69) is 15.2 Å². The van der Waals surface area contributed by atoms with Crippen LogP contribution in [0, 0.1) is 0 Å². The zero-order valence-corrected chi connectivity index (χ0v) is 10.1. The average Bonchev–Trinajstić information content (AvgIpc) is 3.08. The summed E-state index contributed by atoms with van der Waals surface area (Å²) < 4.78 is 33.2. The molecule has 0 radical (unpaired) electrons. The zero-order valence-electron chi connectivity index (χ0n) is 10.1. The summed E-state index contributed by atoms with van der Waals surface area (Å²) in [6.45, 7) is -2.01. The summed E-state index contributed by atoms with van der Waals surface area (Å²) in [4.78, 5) is 3.84. The molecule has 102 valence electrons. The quantitative estimate of drug-likeness (QED) is 0.857. The van der Waals surface area contributed by atoms with Crippen LogP contribution < -0.4 is 0 Å². The molecular weight excluding hydrogens is 256 g/mol. The molecule has 0 amide bonds. The molecule has 19 heavy (non-hydrogen) atoms. The van der Waals surface area contributed by atoms with Gasteiger partial charge in [0.25, 0.3) is 0 Å². The van der Waals surface area contributed by atoms with Crippen molar-refractivity contribution in [3.8, 4) is 11.4 Å². The van der Waals surface area contributed by atoms with Crippen LogP contribution in [0.5, 0.6) is 0 Å². The van der Waals surface area contributed by atoms with E-state index >= 15 is 0 Å². The maximum absolute atomic E-state index is 12.7. The first-order chi connectivity index (χ1) is 9.25. The molecule has 2 aromatic rings. The van der Waals surface area contributed by atoms with E-state index in [-0.39, 0.29) is 12.1 Å². The van der Waals surface area contributed by atoms with E-state index in [1.807, 2.05) is 0 Å². The molecule has 6 nitrogen and oxygen atoms in total. The van der Waals surface area contributed by atoms with Crippen molar-refractivity contribution in [2.24, 2.45) is 0 Å². The Labute approximate surface area is 108 Å². The summed E-state index contributed by atoms with van der Waals surface area (Å²) in [5, 5.41) is 7.66. The summed E-state index contributed by atoms with van der Waals surface area (Å²) in [6, 6.07) is 0. The Morgan fingerprint density at radius 2 is 2.21 bits per heavy atom. The van der Waals surface area contributed by atoms with Crippen molar-refractivity contribution in [3.63, 3.8) is 0 Å². The van der Waals surface area contributed by atoms with Crippen LogP contribution in [0.2, 0.25) is 0 Å². The molecule has 0 bridgehead atoms. The van der Waals surface area contributed by atoms with Gasteiger partial charge in [0.05, 0.1) is 11.8 Å². The lowest BCUT2D eigenvalue weighted by Crippen LogP contribution is -2.18. The number of alkyl halides is 2. The van der Waals surface area contributed by atoms with Crippen LogP contribution in [0.1, 0.15) is 32.0 Å². The van der Waals surface area contributed by atoms with Crippen LogP contribution in [0.3, 0.4) is 0 Å². The Bertz CT molecular complexity index is 547. The molecule has 1 aliphatic rings. The van der Waals surface area contributed by atoms with Crippen molar-refractivity contribution < 1.29 is 13.5 Å². The number of hydrogen-bond donors (Lipinski definition) is 0. The van der Waals surface area contributed by atoms with Gasteiger partial charge in [-0.1, -0.05) is 0 Å². The van der Waals surface area contributed by atoms with Crippen LogP contribution >= 0.6 is 0 Å². The van der Waals surface area contributed by atoms with Gasteiger partial charge < -0.3 is 4.74 Å². The second-order valence-electron chi connectivity index (χ2n) is 4.34. The average molecular weight is 269 g/mol. The minimum atomic E-state index is -2.72. The molecule has 2 aromatic heterocycles. The van der Waals surface area contributed by atoms with Gasteiger partial charge in [0.1, 0.15) is 12.6 Å². The minimum absolute atomic E-state index is 0.108. The molecule has 3 heterocycles. The molecule has 1 aliphatic heterocycles. The topological polar surface area (TPSA) is 57.8 Å². The van der Waals surface area contributed by atoms with Crippen LogP contribution in [-0.2, 0) is 4.74 Å². The number of nitrogens with zero attached hydrogens (tertiary/aromatic N) is 5. The third kappa shape index (κ3) is 2.35. The van der Waals surface area contributed by atoms with Crippen LogP contribution in [0.15, 0.2) is 18.7 Å². The molecule has 1 fully saturated rings. The van der Waals surface area contributed by atoms with Crippen molar-refractivity contribution in [1.29, 1.82) is 0 Å². The Balaban J connectivity index is 1.86. The molecule has 0 aromatic carbocycles. The fraction of sp³-hybridized carbons (Fsp3) is 0.545. The number of halogens is 2. The van der Waals surface area contributed by atoms with Crippen LogP contribution in [0.4, 0.5) is 8.78 Å². The highest BCUT2D eigenvalue weighted by Crippen LogP contribution is 2.25. The van der Waals surface area contributed by atoms with E-state index in [0.29, 0.717) is 16.9 Å². The fourth-order valence-corrected chi connectivity index (χ4v) is 2.14. The largest absolute Gasteiger partial charge is 0.357 e. The number of rotatable bonds is 3. The zero-order chi connectivity index (χ0) is 13.2. The van der Waals surface area contributed by atoms with Gasteiger partial charge in [0.15, 0.2) is 5.82 Å². The molecule has 0 saturated carbocycles. The standard InChI is InChI=1S/C11H13F2N5O/c12-11(13)18-10(14-7-16-18)8-5-15-17(6-8)9-3-1-2-4-19-9/h5-7,9,11H,1-4H2. The summed E-state index contributed by atoms with van der Waals surface area (Å²) in [7, 11) is 0. The molecule has 0 aliphatic carbocycles. The van der Waals surface area contributed by atoms with Gasteiger partial charge in [-0.15, -0.1) is 0 Å². The summed E-state index contributed by atoms with van der Waals surface area (Å²) in [5.41, 5.74) is 0.506. The van der Waals surface area contributed by atoms with Gasteiger partial charge in [-0.05, 0) is 19.3 Å². The van der Waals surface area contributed by atoms with Gasteiger partial charge >= 0.3 is 6.55 Å². The monoisotopic (exact) mass is 269 g/mol. The molecule has 0 spiro atoms. The van der Waals surface area contributed by atoms with E-state index in [4.69, 9.17) is 4.74 Å². The van der Waals surface area contributed by atoms with E-state index in [1.54, 1.807) is 10.9 Å². The van der Waals surface area contributed by atoms with E-state index in [0.717, 1.165) is 25.6 Å². The molecule has 1 saturated heterocycles. The molecule has 1 unspecified atom stereocenters. The first-order valence-corrected chi connectivity index (χ1v) is 6.09. The van der Waals surface area contributed by atoms with Gasteiger partial charge in [-0.2, -0.15) is 23.7 Å². The molecule has 1 atom stereocenters. The number of aromatic nitrogens is 5. The Morgan fingerprint density at radius 3 is 2.95 bits per heavy atom. The Hall–Kier alpha value is -1.83. The van der Waals surface area contributed by atoms with E-state index in [1.165, 1.54) is 6.20 Å². The molecular formula is C11H13F2N5O. The first-order valence-electron chi connectivity index (χ1n) is 6.09. The number of hydrogen-bond acceptors (Lipinski definition) is 4. The maximum atomic E-state index is 12.7. The Morgan fingerprint density at radius 1 is 1.32 bits per heavy atom. The van der Waals surface area contributed by atoms with E-state index in [9.17, 15) is 8.78 Å². The van der Waals surface area contributed by atoms with Gasteiger partial charge in [0.2, 0.25) is 0 Å². The number of ether oxygens (including phenoxy) is 1. The van der Waals surface area contributed by atoms with Crippen molar-refractivity contribution in [3.05, 3.63) is 18.7 Å². The van der Waals surface area contributed by atoms with Crippen LogP contribution in [-0.4, -0.2) is 31.2 Å². The first kappa shape index (κ1) is 12.2. The highest BCUT2D eigenvalue weighted by Gasteiger charge is 2.20. The van der Waals surface area contributed by atoms with Crippen molar-refractivity contribution in [2.75, 3.05) is 6.61 Å². The smallest absolute Gasteiger partial charge is 0.335 e. The maximum Gasteiger partial charge on any atom is 0.335 e. The van der Waals surface area contributed by atoms with Crippen LogP contribution in [0.25, 0.3) is 11.4 Å². The SMILES string of the molecule is FC(F)n1ncnc1-c1cnn(C2CCCCO2)c1. The second-order valence-corrected chi connectivity index (χ2v) is 4.34. The van der Waals surface area contributed by atoms with E-state index < -0.39 is 6.55 Å². The third-order valence-electron chi connectivity index (χ3n) is 3.07. The summed E-state index contributed by atoms with van der Waals surface area (Å²) in [5.74, 6) is 0.108. The van der Waals surface area contributed by atoms with Gasteiger partial charge in [-0.25, -0.2) is 9.67 Å². The van der Waals surface area contributed by atoms with Gasteiger partial charge in [-0.3, -0.25) is 0 Å². The predicted molar refractivity (Wildman–Crippen MR) is 61.3 cm³/mol. The lowest BCUT2D eigenvalue weighted by molar-refractivity contribution is -0.0394.